The van der Waals surface area contributed by atoms with Gasteiger partial charge in [-0.05, 0) is 27.7 Å². The Labute approximate surface area is 119 Å². The molecule has 0 saturated carbocycles. The Hall–Kier alpha value is -1.89. The minimum atomic E-state index is -0.474. The van der Waals surface area contributed by atoms with Crippen LogP contribution >= 0.6 is 0 Å². The molecule has 7 heteroatoms. The second kappa shape index (κ2) is 7.04. The first-order chi connectivity index (χ1) is 9.31. The predicted molar refractivity (Wildman–Crippen MR) is 80.8 cm³/mol. The van der Waals surface area contributed by atoms with Gasteiger partial charge >= 0.3 is 0 Å². The van der Waals surface area contributed by atoms with Gasteiger partial charge in [-0.3, -0.25) is 15.0 Å². The number of nitrogens with two attached hydrogens (primary N) is 1. The molecule has 7 nitrogen and oxygen atoms in total. The van der Waals surface area contributed by atoms with Crippen LogP contribution in [0.1, 0.15) is 27.7 Å². The van der Waals surface area contributed by atoms with Crippen LogP contribution in [0.3, 0.4) is 0 Å². The first-order valence-corrected chi connectivity index (χ1v) is 6.72. The van der Waals surface area contributed by atoms with Crippen molar-refractivity contribution >= 4 is 17.3 Å². The highest BCUT2D eigenvalue weighted by atomic mass is 16.6. The summed E-state index contributed by atoms with van der Waals surface area (Å²) in [4.78, 5) is 16.7. The molecule has 0 atom stereocenters. The van der Waals surface area contributed by atoms with Crippen molar-refractivity contribution in [3.8, 4) is 0 Å². The molecule has 0 bridgehead atoms. The second-order valence-electron chi connectivity index (χ2n) is 5.24. The third kappa shape index (κ3) is 4.65. The molecule has 0 amide bonds. The van der Waals surface area contributed by atoms with Gasteiger partial charge in [0.2, 0.25) is 0 Å². The summed E-state index contributed by atoms with van der Waals surface area (Å²) in [5.41, 5.74) is 5.51. The van der Waals surface area contributed by atoms with Gasteiger partial charge in [-0.25, -0.2) is 4.98 Å². The number of nitrogens with one attached hydrogen (secondary N) is 1. The molecule has 0 fully saturated rings. The Morgan fingerprint density at radius 3 is 2.45 bits per heavy atom. The van der Waals surface area contributed by atoms with E-state index in [4.69, 9.17) is 5.73 Å². The molecule has 0 radical (unpaired) electrons. The first-order valence-electron chi connectivity index (χ1n) is 6.72. The molecule has 0 unspecified atom stereocenters. The van der Waals surface area contributed by atoms with E-state index in [1.54, 1.807) is 0 Å². The third-order valence-electron chi connectivity index (χ3n) is 3.04. The van der Waals surface area contributed by atoms with Crippen molar-refractivity contribution in [1.82, 2.24) is 9.88 Å². The molecule has 0 aliphatic carbocycles. The van der Waals surface area contributed by atoms with E-state index in [1.807, 2.05) is 0 Å². The van der Waals surface area contributed by atoms with Crippen LogP contribution in [-0.2, 0) is 0 Å². The van der Waals surface area contributed by atoms with E-state index >= 15 is 0 Å². The van der Waals surface area contributed by atoms with Crippen LogP contribution in [0.15, 0.2) is 12.1 Å². The van der Waals surface area contributed by atoms with Gasteiger partial charge in [0, 0.05) is 25.2 Å². The van der Waals surface area contributed by atoms with Gasteiger partial charge in [0.15, 0.2) is 0 Å². The quantitative estimate of drug-likeness (QED) is 0.586. The second-order valence-corrected chi connectivity index (χ2v) is 5.24. The molecular weight excluding hydrogens is 258 g/mol. The number of hydrogen-bond donors (Lipinski definition) is 2. The normalized spacial score (nSPS) is 11.3. The van der Waals surface area contributed by atoms with E-state index in [0.717, 1.165) is 6.54 Å². The van der Waals surface area contributed by atoms with Crippen LogP contribution < -0.4 is 11.1 Å². The van der Waals surface area contributed by atoms with Crippen molar-refractivity contribution in [2.75, 3.05) is 24.1 Å². The molecule has 0 aliphatic heterocycles. The van der Waals surface area contributed by atoms with Crippen LogP contribution in [0, 0.1) is 10.1 Å². The van der Waals surface area contributed by atoms with Gasteiger partial charge in [0.05, 0.1) is 17.1 Å². The van der Waals surface area contributed by atoms with Crippen molar-refractivity contribution in [2.45, 2.75) is 39.8 Å². The Bertz CT molecular complexity index is 454. The van der Waals surface area contributed by atoms with Crippen molar-refractivity contribution < 1.29 is 4.92 Å². The fraction of sp³-hybridized carbons (Fsp3) is 0.615. The number of nitrogen functional groups attached to an aromatic ring is 1. The molecule has 0 spiro atoms. The maximum atomic E-state index is 10.8. The lowest BCUT2D eigenvalue weighted by Gasteiger charge is -2.30. The molecule has 20 heavy (non-hydrogen) atoms. The molecule has 1 aromatic heterocycles. The molecule has 0 aromatic carbocycles. The molecular formula is C13H23N5O2. The zero-order valence-electron chi connectivity index (χ0n) is 12.5. The molecule has 3 N–H and O–H groups in total. The summed E-state index contributed by atoms with van der Waals surface area (Å²) in [5, 5.41) is 13.8. The minimum Gasteiger partial charge on any atom is -0.383 e. The lowest BCUT2D eigenvalue weighted by molar-refractivity contribution is -0.384. The summed E-state index contributed by atoms with van der Waals surface area (Å²) in [6, 6.07) is 3.53. The van der Waals surface area contributed by atoms with Gasteiger partial charge < -0.3 is 11.1 Å². The average Bonchev–Trinajstić information content (AvgIpc) is 2.32. The molecule has 1 aromatic rings. The average molecular weight is 281 g/mol. The summed E-state index contributed by atoms with van der Waals surface area (Å²) in [6.45, 7) is 10.1. The molecule has 112 valence electrons. The molecule has 0 aliphatic rings. The van der Waals surface area contributed by atoms with E-state index in [9.17, 15) is 10.1 Å². The van der Waals surface area contributed by atoms with Gasteiger partial charge in [0.25, 0.3) is 5.69 Å². The fourth-order valence-corrected chi connectivity index (χ4v) is 2.16. The van der Waals surface area contributed by atoms with Crippen molar-refractivity contribution in [3.05, 3.63) is 22.2 Å². The number of nitrogens with zero attached hydrogens (tertiary/aromatic N) is 3. The maximum absolute atomic E-state index is 10.8. The van der Waals surface area contributed by atoms with Crippen LogP contribution in [0.5, 0.6) is 0 Å². The Morgan fingerprint density at radius 2 is 1.95 bits per heavy atom. The SMILES string of the molecule is CC(C)N(CCNc1cc([N+](=O)[O-])cc(N)n1)C(C)C. The summed E-state index contributed by atoms with van der Waals surface area (Å²) in [6.07, 6.45) is 0. The first kappa shape index (κ1) is 16.2. The largest absolute Gasteiger partial charge is 0.383 e. The van der Waals surface area contributed by atoms with E-state index in [2.05, 4.69) is 42.9 Å². The number of rotatable bonds is 7. The van der Waals surface area contributed by atoms with E-state index in [-0.39, 0.29) is 11.5 Å². The highest BCUT2D eigenvalue weighted by Crippen LogP contribution is 2.18. The van der Waals surface area contributed by atoms with Crippen molar-refractivity contribution in [3.63, 3.8) is 0 Å². The van der Waals surface area contributed by atoms with Crippen LogP contribution in [0.4, 0.5) is 17.3 Å². The minimum absolute atomic E-state index is 0.0513. The number of anilines is 2. The standard InChI is InChI=1S/C13H23N5O2/c1-9(2)17(10(3)4)6-5-15-13-8-11(18(19)20)7-12(14)16-13/h7-10H,5-6H2,1-4H3,(H3,14,15,16). The monoisotopic (exact) mass is 281 g/mol. The number of aromatic nitrogens is 1. The van der Waals surface area contributed by atoms with Gasteiger partial charge in [0.1, 0.15) is 11.6 Å². The summed E-state index contributed by atoms with van der Waals surface area (Å²) in [7, 11) is 0. The van der Waals surface area contributed by atoms with E-state index in [0.29, 0.717) is 24.4 Å². The molecule has 1 rings (SSSR count). The zero-order valence-corrected chi connectivity index (χ0v) is 12.5. The summed E-state index contributed by atoms with van der Waals surface area (Å²) < 4.78 is 0. The van der Waals surface area contributed by atoms with Crippen LogP contribution in [0.2, 0.25) is 0 Å². The van der Waals surface area contributed by atoms with E-state index in [1.165, 1.54) is 12.1 Å². The highest BCUT2D eigenvalue weighted by molar-refractivity contribution is 5.52. The van der Waals surface area contributed by atoms with Gasteiger partial charge in [-0.1, -0.05) is 0 Å². The number of nitro groups is 1. The Balaban J connectivity index is 2.64. The topological polar surface area (TPSA) is 97.3 Å². The summed E-state index contributed by atoms with van der Waals surface area (Å²) >= 11 is 0. The van der Waals surface area contributed by atoms with Crippen LogP contribution in [0.25, 0.3) is 0 Å². The lowest BCUT2D eigenvalue weighted by atomic mass is 10.2. The third-order valence-corrected chi connectivity index (χ3v) is 3.04. The van der Waals surface area contributed by atoms with Crippen molar-refractivity contribution in [1.29, 1.82) is 0 Å². The zero-order chi connectivity index (χ0) is 15.3. The number of pyridine rings is 1. The maximum Gasteiger partial charge on any atom is 0.276 e. The molecule has 1 heterocycles. The molecule has 0 saturated heterocycles. The van der Waals surface area contributed by atoms with Gasteiger partial charge in [-0.2, -0.15) is 0 Å². The predicted octanol–water partition coefficient (Wildman–Crippen LogP) is 2.10. The fourth-order valence-electron chi connectivity index (χ4n) is 2.16. The Morgan fingerprint density at radius 1 is 1.35 bits per heavy atom. The summed E-state index contributed by atoms with van der Waals surface area (Å²) in [5.74, 6) is 0.579. The lowest BCUT2D eigenvalue weighted by Crippen LogP contribution is -2.40. The van der Waals surface area contributed by atoms with Crippen LogP contribution in [-0.4, -0.2) is 40.0 Å². The van der Waals surface area contributed by atoms with Gasteiger partial charge in [-0.15, -0.1) is 0 Å². The van der Waals surface area contributed by atoms with E-state index < -0.39 is 4.92 Å². The Kier molecular flexibility index (Phi) is 5.69. The van der Waals surface area contributed by atoms with Crippen molar-refractivity contribution in [2.24, 2.45) is 0 Å². The highest BCUT2D eigenvalue weighted by Gasteiger charge is 2.13. The smallest absolute Gasteiger partial charge is 0.276 e. The number of hydrogen-bond acceptors (Lipinski definition) is 6.